The molecule has 1 aliphatic heterocycles. The fraction of sp³-hybridized carbons (Fsp3) is 0.571. The first-order valence-electron chi connectivity index (χ1n) is 6.82. The zero-order chi connectivity index (χ0) is 14.8. The van der Waals surface area contributed by atoms with Crippen LogP contribution in [-0.2, 0) is 10.2 Å². The number of para-hydroxylation sites is 1. The molecule has 1 heterocycles. The third-order valence-electron chi connectivity index (χ3n) is 3.83. The van der Waals surface area contributed by atoms with Crippen LogP contribution < -0.4 is 4.31 Å². The van der Waals surface area contributed by atoms with Gasteiger partial charge < -0.3 is 0 Å². The van der Waals surface area contributed by atoms with Crippen LogP contribution >= 0.6 is 11.6 Å². The Hall–Kier alpha value is -0.780. The van der Waals surface area contributed by atoms with E-state index in [2.05, 4.69) is 0 Å². The number of halogens is 1. The Morgan fingerprint density at radius 3 is 2.75 bits per heavy atom. The van der Waals surface area contributed by atoms with E-state index in [0.717, 1.165) is 24.1 Å². The van der Waals surface area contributed by atoms with Gasteiger partial charge in [0.25, 0.3) is 0 Å². The maximum absolute atomic E-state index is 12.7. The van der Waals surface area contributed by atoms with Gasteiger partial charge in [-0.1, -0.05) is 18.2 Å². The second-order valence-corrected chi connectivity index (χ2v) is 7.55. The molecule has 0 amide bonds. The van der Waals surface area contributed by atoms with E-state index >= 15 is 0 Å². The molecule has 1 fully saturated rings. The molecule has 6 heteroatoms. The van der Waals surface area contributed by atoms with Gasteiger partial charge in [0.15, 0.2) is 0 Å². The first-order chi connectivity index (χ1) is 9.46. The monoisotopic (exact) mass is 316 g/mol. The summed E-state index contributed by atoms with van der Waals surface area (Å²) >= 11 is 5.88. The minimum absolute atomic E-state index is 0.255. The molecule has 1 aromatic carbocycles. The molecule has 0 radical (unpaired) electrons. The predicted octanol–water partition coefficient (Wildman–Crippen LogP) is 2.63. The van der Waals surface area contributed by atoms with Crippen LogP contribution in [0.5, 0.6) is 0 Å². The number of benzene rings is 1. The Bertz CT molecular complexity index is 562. The summed E-state index contributed by atoms with van der Waals surface area (Å²) in [5.74, 6) is 0.769. The van der Waals surface area contributed by atoms with Crippen molar-refractivity contribution in [1.82, 2.24) is 4.31 Å². The average molecular weight is 317 g/mol. The lowest BCUT2D eigenvalue weighted by atomic mass is 10.0. The highest BCUT2D eigenvalue weighted by molar-refractivity contribution is 7.90. The minimum Gasteiger partial charge on any atom is -0.260 e. The van der Waals surface area contributed by atoms with Gasteiger partial charge in [0.05, 0.1) is 5.69 Å². The normalized spacial score (nSPS) is 20.9. The zero-order valence-electron chi connectivity index (χ0n) is 11.9. The van der Waals surface area contributed by atoms with E-state index in [1.807, 2.05) is 31.2 Å². The van der Waals surface area contributed by atoms with Gasteiger partial charge in [-0.2, -0.15) is 12.7 Å². The van der Waals surface area contributed by atoms with Crippen LogP contribution in [0.1, 0.15) is 18.4 Å². The maximum atomic E-state index is 12.7. The van der Waals surface area contributed by atoms with Crippen molar-refractivity contribution in [2.75, 3.05) is 30.3 Å². The number of piperidine rings is 1. The van der Waals surface area contributed by atoms with Crippen molar-refractivity contribution < 1.29 is 8.42 Å². The predicted molar refractivity (Wildman–Crippen MR) is 83.5 cm³/mol. The van der Waals surface area contributed by atoms with Gasteiger partial charge >= 0.3 is 10.2 Å². The van der Waals surface area contributed by atoms with E-state index in [9.17, 15) is 8.42 Å². The van der Waals surface area contributed by atoms with Gasteiger partial charge in [0.2, 0.25) is 0 Å². The van der Waals surface area contributed by atoms with Crippen molar-refractivity contribution in [3.63, 3.8) is 0 Å². The van der Waals surface area contributed by atoms with Gasteiger partial charge in [-0.25, -0.2) is 0 Å². The molecule has 0 bridgehead atoms. The number of rotatable bonds is 4. The molecule has 2 rings (SSSR count). The van der Waals surface area contributed by atoms with Crippen molar-refractivity contribution in [3.05, 3.63) is 29.8 Å². The summed E-state index contributed by atoms with van der Waals surface area (Å²) in [6.45, 7) is 3.01. The lowest BCUT2D eigenvalue weighted by Gasteiger charge is -2.34. The first-order valence-corrected chi connectivity index (χ1v) is 8.75. The largest absolute Gasteiger partial charge is 0.303 e. The second kappa shape index (κ2) is 6.33. The molecule has 0 aliphatic carbocycles. The highest BCUT2D eigenvalue weighted by Crippen LogP contribution is 2.26. The van der Waals surface area contributed by atoms with Crippen LogP contribution in [0.4, 0.5) is 5.69 Å². The fourth-order valence-corrected chi connectivity index (χ4v) is 4.39. The number of anilines is 1. The first kappa shape index (κ1) is 15.6. The van der Waals surface area contributed by atoms with Crippen LogP contribution in [0.2, 0.25) is 0 Å². The summed E-state index contributed by atoms with van der Waals surface area (Å²) in [5, 5.41) is 0. The highest BCUT2D eigenvalue weighted by atomic mass is 35.5. The smallest absolute Gasteiger partial charge is 0.260 e. The van der Waals surface area contributed by atoms with Gasteiger partial charge in [0.1, 0.15) is 0 Å². The maximum Gasteiger partial charge on any atom is 0.303 e. The van der Waals surface area contributed by atoms with E-state index in [1.165, 1.54) is 4.31 Å². The molecule has 1 aliphatic rings. The molecule has 1 atom stereocenters. The van der Waals surface area contributed by atoms with E-state index in [-0.39, 0.29) is 5.92 Å². The Balaban J connectivity index is 2.24. The van der Waals surface area contributed by atoms with Crippen LogP contribution in [0, 0.1) is 12.8 Å². The van der Waals surface area contributed by atoms with Crippen molar-refractivity contribution in [2.45, 2.75) is 19.8 Å². The summed E-state index contributed by atoms with van der Waals surface area (Å²) in [5.41, 5.74) is 1.67. The number of aryl methyl sites for hydroxylation is 1. The van der Waals surface area contributed by atoms with E-state index in [4.69, 9.17) is 11.6 Å². The third-order valence-corrected chi connectivity index (χ3v) is 6.14. The molecule has 1 unspecified atom stereocenters. The van der Waals surface area contributed by atoms with E-state index < -0.39 is 10.2 Å². The second-order valence-electron chi connectivity index (χ2n) is 5.28. The number of hydrogen-bond acceptors (Lipinski definition) is 2. The van der Waals surface area contributed by atoms with Crippen LogP contribution in [-0.4, -0.2) is 38.7 Å². The fourth-order valence-electron chi connectivity index (χ4n) is 2.58. The lowest BCUT2D eigenvalue weighted by molar-refractivity contribution is 0.283. The zero-order valence-corrected chi connectivity index (χ0v) is 13.5. The van der Waals surface area contributed by atoms with Crippen LogP contribution in [0.15, 0.2) is 24.3 Å². The lowest BCUT2D eigenvalue weighted by Crippen LogP contribution is -2.47. The molecule has 4 nitrogen and oxygen atoms in total. The van der Waals surface area contributed by atoms with Gasteiger partial charge in [-0.05, 0) is 37.3 Å². The summed E-state index contributed by atoms with van der Waals surface area (Å²) < 4.78 is 28.3. The van der Waals surface area contributed by atoms with Crippen LogP contribution in [0.3, 0.4) is 0 Å². The molecule has 112 valence electrons. The summed E-state index contributed by atoms with van der Waals surface area (Å²) in [6.07, 6.45) is 1.88. The van der Waals surface area contributed by atoms with Crippen LogP contribution in [0.25, 0.3) is 0 Å². The molecular formula is C14H21ClN2O2S. The van der Waals surface area contributed by atoms with E-state index in [1.54, 1.807) is 11.4 Å². The molecule has 1 saturated heterocycles. The average Bonchev–Trinajstić information content (AvgIpc) is 2.47. The molecule has 0 aromatic heterocycles. The van der Waals surface area contributed by atoms with E-state index in [0.29, 0.717) is 19.0 Å². The Morgan fingerprint density at radius 2 is 2.10 bits per heavy atom. The topological polar surface area (TPSA) is 40.6 Å². The third kappa shape index (κ3) is 3.10. The molecule has 0 N–H and O–H groups in total. The van der Waals surface area contributed by atoms with Gasteiger partial charge in [-0.3, -0.25) is 4.31 Å². The quantitative estimate of drug-likeness (QED) is 0.801. The molecule has 0 spiro atoms. The summed E-state index contributed by atoms with van der Waals surface area (Å²) in [6, 6.07) is 7.50. The van der Waals surface area contributed by atoms with Crippen molar-refractivity contribution in [2.24, 2.45) is 5.92 Å². The van der Waals surface area contributed by atoms with Gasteiger partial charge in [0, 0.05) is 26.0 Å². The Kier molecular flexibility index (Phi) is 4.94. The van der Waals surface area contributed by atoms with Crippen molar-refractivity contribution in [3.8, 4) is 0 Å². The van der Waals surface area contributed by atoms with Crippen molar-refractivity contribution >= 4 is 27.5 Å². The standard InChI is InChI=1S/C14H21ClN2O2S/c1-12-6-3-4-8-14(12)16(2)20(18,19)17-9-5-7-13(10-15)11-17/h3-4,6,8,13H,5,7,9-11H2,1-2H3. The Labute approximate surface area is 126 Å². The summed E-state index contributed by atoms with van der Waals surface area (Å²) in [7, 11) is -1.86. The minimum atomic E-state index is -3.47. The molecule has 0 saturated carbocycles. The number of alkyl halides is 1. The van der Waals surface area contributed by atoms with Gasteiger partial charge in [-0.15, -0.1) is 11.6 Å². The molecule has 1 aromatic rings. The molecule has 20 heavy (non-hydrogen) atoms. The number of hydrogen-bond donors (Lipinski definition) is 0. The Morgan fingerprint density at radius 1 is 1.40 bits per heavy atom. The van der Waals surface area contributed by atoms with Crippen molar-refractivity contribution in [1.29, 1.82) is 0 Å². The SMILES string of the molecule is Cc1ccccc1N(C)S(=O)(=O)N1CCCC(CCl)C1. The number of nitrogens with zero attached hydrogens (tertiary/aromatic N) is 2. The summed E-state index contributed by atoms with van der Waals surface area (Å²) in [4.78, 5) is 0. The highest BCUT2D eigenvalue weighted by Gasteiger charge is 2.32. The molecular weight excluding hydrogens is 296 g/mol.